The fraction of sp³-hybridized carbons (Fsp3) is 0.619. The summed E-state index contributed by atoms with van der Waals surface area (Å²) in [6, 6.07) is 6.12. The number of nitrogen functional groups attached to an aromatic ring is 1. The molecule has 0 bridgehead atoms. The molecule has 3 rings (SSSR count). The molecule has 1 aromatic heterocycles. The Labute approximate surface area is 169 Å². The van der Waals surface area contributed by atoms with Crippen LogP contribution in [0.4, 0.5) is 5.95 Å². The first-order chi connectivity index (χ1) is 13.0. The molecule has 1 aliphatic rings. The average molecular weight is 403 g/mol. The van der Waals surface area contributed by atoms with E-state index >= 15 is 0 Å². The molecule has 2 N–H and O–H groups in total. The molecule has 28 heavy (non-hydrogen) atoms. The molecule has 0 aliphatic carbocycles. The van der Waals surface area contributed by atoms with Gasteiger partial charge in [0.2, 0.25) is 11.9 Å². The van der Waals surface area contributed by atoms with E-state index in [1.165, 1.54) is 0 Å². The lowest BCUT2D eigenvalue weighted by molar-refractivity contribution is -0.127. The van der Waals surface area contributed by atoms with Crippen LogP contribution in [-0.4, -0.2) is 48.9 Å². The normalized spacial score (nSPS) is 18.4. The molecule has 1 unspecified atom stereocenters. The molecule has 1 aliphatic heterocycles. The summed E-state index contributed by atoms with van der Waals surface area (Å²) < 4.78 is 8.33. The molecule has 2 heterocycles. The first-order valence-corrected chi connectivity index (χ1v) is 13.1. The van der Waals surface area contributed by atoms with Crippen LogP contribution in [0.5, 0.6) is 0 Å². The van der Waals surface area contributed by atoms with E-state index in [-0.39, 0.29) is 16.9 Å². The Hall–Kier alpha value is -1.86. The quantitative estimate of drug-likeness (QED) is 0.586. The second kappa shape index (κ2) is 7.52. The zero-order valence-electron chi connectivity index (χ0n) is 18.1. The number of hydrogen-bond donors (Lipinski definition) is 1. The number of hydrogen-bond acceptors (Lipinski definition) is 4. The van der Waals surface area contributed by atoms with Gasteiger partial charge in [0.1, 0.15) is 0 Å². The maximum Gasteiger partial charge on any atom is 0.229 e. The van der Waals surface area contributed by atoms with Gasteiger partial charge in [-0.3, -0.25) is 4.79 Å². The number of aryl methyl sites for hydroxylation is 1. The van der Waals surface area contributed by atoms with Gasteiger partial charge in [-0.15, -0.1) is 0 Å². The zero-order valence-corrected chi connectivity index (χ0v) is 19.1. The van der Waals surface area contributed by atoms with Gasteiger partial charge in [0.15, 0.2) is 8.32 Å². The molecule has 7 heteroatoms. The fourth-order valence-electron chi connectivity index (χ4n) is 3.52. The van der Waals surface area contributed by atoms with Gasteiger partial charge in [-0.25, -0.2) is 4.98 Å². The average Bonchev–Trinajstić information content (AvgIpc) is 3.09. The second-order valence-corrected chi connectivity index (χ2v) is 14.2. The molecule has 154 valence electrons. The number of amides is 1. The Morgan fingerprint density at radius 3 is 2.64 bits per heavy atom. The van der Waals surface area contributed by atoms with Gasteiger partial charge in [0.05, 0.1) is 17.0 Å². The largest absolute Gasteiger partial charge is 0.417 e. The summed E-state index contributed by atoms with van der Waals surface area (Å²) in [4.78, 5) is 18.6. The number of imidazole rings is 1. The lowest BCUT2D eigenvalue weighted by atomic mass is 9.97. The van der Waals surface area contributed by atoms with Crippen LogP contribution in [0, 0.1) is 0 Å². The van der Waals surface area contributed by atoms with Crippen molar-refractivity contribution < 1.29 is 9.22 Å². The van der Waals surface area contributed by atoms with E-state index < -0.39 is 8.32 Å². The van der Waals surface area contributed by atoms with E-state index in [1.54, 1.807) is 4.90 Å². The topological polar surface area (TPSA) is 73.4 Å². The van der Waals surface area contributed by atoms with E-state index in [4.69, 9.17) is 10.2 Å². The molecular formula is C21H34N4O2Si. The Morgan fingerprint density at radius 1 is 1.32 bits per heavy atom. The molecule has 0 saturated carbocycles. The summed E-state index contributed by atoms with van der Waals surface area (Å²) in [6.07, 6.45) is 1.76. The molecule has 0 spiro atoms. The van der Waals surface area contributed by atoms with Gasteiger partial charge in [0, 0.05) is 26.7 Å². The van der Waals surface area contributed by atoms with E-state index in [0.717, 1.165) is 49.1 Å². The van der Waals surface area contributed by atoms with Crippen molar-refractivity contribution in [3.8, 4) is 0 Å². The van der Waals surface area contributed by atoms with Crippen molar-refractivity contribution in [3.63, 3.8) is 0 Å². The van der Waals surface area contributed by atoms with Crippen molar-refractivity contribution >= 4 is 31.2 Å². The van der Waals surface area contributed by atoms with Gasteiger partial charge in [-0.05, 0) is 48.7 Å². The molecule has 1 fully saturated rings. The van der Waals surface area contributed by atoms with Crippen LogP contribution in [0.25, 0.3) is 11.0 Å². The van der Waals surface area contributed by atoms with E-state index in [0.29, 0.717) is 5.95 Å². The number of rotatable bonds is 6. The summed E-state index contributed by atoms with van der Waals surface area (Å²) >= 11 is 0. The Balaban J connectivity index is 1.69. The molecule has 0 radical (unpaired) electrons. The van der Waals surface area contributed by atoms with E-state index in [9.17, 15) is 4.79 Å². The minimum atomic E-state index is -1.72. The fourth-order valence-corrected chi connectivity index (χ4v) is 4.60. The number of nitrogens with zero attached hydrogens (tertiary/aromatic N) is 3. The van der Waals surface area contributed by atoms with Crippen molar-refractivity contribution in [3.05, 3.63) is 23.8 Å². The third kappa shape index (κ3) is 3.96. The van der Waals surface area contributed by atoms with Gasteiger partial charge in [0.25, 0.3) is 0 Å². The number of nitrogens with two attached hydrogens (primary N) is 1. The lowest BCUT2D eigenvalue weighted by Crippen LogP contribution is -2.41. The Bertz CT molecular complexity index is 869. The highest BCUT2D eigenvalue weighted by Gasteiger charge is 2.36. The summed E-state index contributed by atoms with van der Waals surface area (Å²) in [7, 11) is 0.139. The van der Waals surface area contributed by atoms with Crippen LogP contribution in [0.2, 0.25) is 18.1 Å². The number of benzene rings is 1. The monoisotopic (exact) mass is 402 g/mol. The first-order valence-electron chi connectivity index (χ1n) is 10.2. The molecule has 1 amide bonds. The number of fused-ring (bicyclic) bond motifs is 1. The number of carbonyl (C=O) groups is 1. The Kier molecular flexibility index (Phi) is 5.60. The third-order valence-corrected chi connectivity index (χ3v) is 11.0. The lowest BCUT2D eigenvalue weighted by Gasteiger charge is -2.36. The van der Waals surface area contributed by atoms with Crippen LogP contribution < -0.4 is 5.73 Å². The number of aromatic nitrogens is 2. The molecular weight excluding hydrogens is 368 g/mol. The van der Waals surface area contributed by atoms with E-state index in [2.05, 4.69) is 43.4 Å². The Morgan fingerprint density at radius 2 is 2.04 bits per heavy atom. The van der Waals surface area contributed by atoms with Crippen molar-refractivity contribution in [1.29, 1.82) is 0 Å². The highest BCUT2D eigenvalue weighted by atomic mass is 28.4. The zero-order chi connectivity index (χ0) is 20.7. The third-order valence-electron chi connectivity index (χ3n) is 6.43. The maximum atomic E-state index is 12.3. The smallest absolute Gasteiger partial charge is 0.229 e. The predicted molar refractivity (Wildman–Crippen MR) is 117 cm³/mol. The minimum Gasteiger partial charge on any atom is -0.417 e. The van der Waals surface area contributed by atoms with Gasteiger partial charge in [-0.2, -0.15) is 0 Å². The first kappa shape index (κ1) is 20.9. The van der Waals surface area contributed by atoms with Crippen molar-refractivity contribution in [2.24, 2.45) is 0 Å². The minimum absolute atomic E-state index is 0.0567. The summed E-state index contributed by atoms with van der Waals surface area (Å²) in [5.41, 5.74) is 9.11. The van der Waals surface area contributed by atoms with E-state index in [1.807, 2.05) is 25.2 Å². The summed E-state index contributed by atoms with van der Waals surface area (Å²) in [6.45, 7) is 13.6. The number of likely N-dealkylation sites (N-methyl/N-ethyl adjacent to an activating group) is 1. The highest BCUT2D eigenvalue weighted by molar-refractivity contribution is 6.74. The van der Waals surface area contributed by atoms with Gasteiger partial charge >= 0.3 is 0 Å². The van der Waals surface area contributed by atoms with Gasteiger partial charge < -0.3 is 19.6 Å². The van der Waals surface area contributed by atoms with Gasteiger partial charge in [-0.1, -0.05) is 26.8 Å². The molecule has 1 atom stereocenters. The van der Waals surface area contributed by atoms with Crippen LogP contribution in [-0.2, 0) is 15.8 Å². The summed E-state index contributed by atoms with van der Waals surface area (Å²) in [5.74, 6) is 0.655. The molecule has 2 aromatic rings. The number of likely N-dealkylation sites (tertiary alicyclic amines) is 1. The van der Waals surface area contributed by atoms with Crippen molar-refractivity contribution in [2.75, 3.05) is 25.9 Å². The van der Waals surface area contributed by atoms with Crippen LogP contribution in [0.1, 0.15) is 45.1 Å². The standard InChI is InChI=1S/C21H34N4O2Si/c1-21(2,3)28(5,6)27-13-7-11-25-18-9-8-15(14-17(18)23-20(25)22)16-10-12-24(4)19(16)26/h8-9,14,16H,7,10-13H2,1-6H3,(H2,22,23). The molecule has 6 nitrogen and oxygen atoms in total. The summed E-state index contributed by atoms with van der Waals surface area (Å²) in [5, 5.41) is 0.218. The molecule has 1 saturated heterocycles. The van der Waals surface area contributed by atoms with Crippen LogP contribution >= 0.6 is 0 Å². The van der Waals surface area contributed by atoms with Crippen molar-refractivity contribution in [2.45, 2.75) is 64.2 Å². The molecule has 1 aromatic carbocycles. The number of anilines is 1. The number of carbonyl (C=O) groups excluding carboxylic acids is 1. The van der Waals surface area contributed by atoms with Crippen molar-refractivity contribution in [1.82, 2.24) is 14.5 Å². The van der Waals surface area contributed by atoms with Crippen LogP contribution in [0.15, 0.2) is 18.2 Å². The second-order valence-electron chi connectivity index (χ2n) is 9.43. The maximum absolute atomic E-state index is 12.3. The van der Waals surface area contributed by atoms with Crippen LogP contribution in [0.3, 0.4) is 0 Å². The SMILES string of the molecule is CN1CCC(c2ccc3c(c2)nc(N)n3CCCO[Si](C)(C)C(C)(C)C)C1=O. The predicted octanol–water partition coefficient (Wildman–Crippen LogP) is 3.98. The highest BCUT2D eigenvalue weighted by Crippen LogP contribution is 2.36.